The first-order chi connectivity index (χ1) is 7.13. The van der Waals surface area contributed by atoms with Gasteiger partial charge in [0.05, 0.1) is 28.8 Å². The Hall–Kier alpha value is -1.36. The molecule has 15 heavy (non-hydrogen) atoms. The number of carbonyl (C=O) groups is 1. The normalized spacial score (nSPS) is 10.6. The molecule has 2 rings (SSSR count). The van der Waals surface area contributed by atoms with Crippen LogP contribution in [0.4, 0.5) is 4.39 Å². The van der Waals surface area contributed by atoms with Crippen LogP contribution in [0.15, 0.2) is 24.3 Å². The number of rotatable bonds is 1. The van der Waals surface area contributed by atoms with Gasteiger partial charge in [-0.2, -0.15) is 0 Å². The van der Waals surface area contributed by atoms with Crippen LogP contribution in [0.5, 0.6) is 0 Å². The molecule has 2 aromatic rings. The maximum atomic E-state index is 13.0. The summed E-state index contributed by atoms with van der Waals surface area (Å²) < 4.78 is 19.0. The maximum absolute atomic E-state index is 13.0. The summed E-state index contributed by atoms with van der Waals surface area (Å²) in [5.74, 6) is -0.818. The lowest BCUT2D eigenvalue weighted by Crippen LogP contribution is -2.04. The third-order valence-corrected chi connectivity index (χ3v) is 2.87. The number of hydrogen-bond acceptors (Lipinski definition) is 2. The third-order valence-electron chi connectivity index (χ3n) is 2.10. The first-order valence-corrected chi connectivity index (χ1v) is 4.90. The molecule has 78 valence electrons. The summed E-state index contributed by atoms with van der Waals surface area (Å²) in [7, 11) is 1.30. The number of carbonyl (C=O) groups excluding carboxylic acids is 1. The van der Waals surface area contributed by atoms with Gasteiger partial charge in [-0.15, -0.1) is 0 Å². The topological polar surface area (TPSA) is 31.2 Å². The largest absolute Gasteiger partial charge is 0.464 e. The standard InChI is InChI=1S/C10H7BrFNO2/c1-15-10(14)9-4-6-2-3-7(12)5-8(6)13(9)11/h2-5H,1H3. The van der Waals surface area contributed by atoms with E-state index in [0.717, 1.165) is 5.39 Å². The molecule has 0 unspecified atom stereocenters. The van der Waals surface area contributed by atoms with E-state index in [9.17, 15) is 9.18 Å². The predicted octanol–water partition coefficient (Wildman–Crippen LogP) is 2.73. The number of benzene rings is 1. The van der Waals surface area contributed by atoms with E-state index in [1.807, 2.05) is 0 Å². The van der Waals surface area contributed by atoms with Crippen molar-refractivity contribution in [1.29, 1.82) is 0 Å². The molecule has 1 aromatic heterocycles. The van der Waals surface area contributed by atoms with Gasteiger partial charge in [-0.3, -0.25) is 3.59 Å². The van der Waals surface area contributed by atoms with Crippen molar-refractivity contribution in [2.24, 2.45) is 0 Å². The third kappa shape index (κ3) is 1.63. The van der Waals surface area contributed by atoms with E-state index < -0.39 is 5.97 Å². The molecular weight excluding hydrogens is 265 g/mol. The van der Waals surface area contributed by atoms with E-state index in [1.165, 1.54) is 22.8 Å². The highest BCUT2D eigenvalue weighted by Crippen LogP contribution is 2.23. The summed E-state index contributed by atoms with van der Waals surface area (Å²) in [5, 5.41) is 0.772. The van der Waals surface area contributed by atoms with E-state index in [0.29, 0.717) is 11.2 Å². The fourth-order valence-corrected chi connectivity index (χ4v) is 1.94. The van der Waals surface area contributed by atoms with Gasteiger partial charge in [0.15, 0.2) is 0 Å². The minimum absolute atomic E-state index is 0.332. The molecule has 0 radical (unpaired) electrons. The minimum atomic E-state index is -0.469. The van der Waals surface area contributed by atoms with Gasteiger partial charge in [0.2, 0.25) is 0 Å². The molecule has 0 saturated carbocycles. The number of hydrogen-bond donors (Lipinski definition) is 0. The highest BCUT2D eigenvalue weighted by atomic mass is 79.9. The van der Waals surface area contributed by atoms with Crippen LogP contribution in [-0.2, 0) is 4.74 Å². The molecule has 0 amide bonds. The van der Waals surface area contributed by atoms with Crippen molar-refractivity contribution in [3.05, 3.63) is 35.8 Å². The van der Waals surface area contributed by atoms with E-state index >= 15 is 0 Å². The number of halogens is 2. The number of methoxy groups -OCH3 is 1. The Labute approximate surface area is 93.8 Å². The van der Waals surface area contributed by atoms with Crippen LogP contribution < -0.4 is 0 Å². The molecule has 5 heteroatoms. The molecule has 0 saturated heterocycles. The van der Waals surface area contributed by atoms with Crippen molar-refractivity contribution >= 4 is 33.0 Å². The second kappa shape index (κ2) is 3.66. The fraction of sp³-hybridized carbons (Fsp3) is 0.100. The SMILES string of the molecule is COC(=O)c1cc2ccc(F)cc2n1Br. The number of ether oxygens (including phenoxy) is 1. The molecule has 0 aliphatic heterocycles. The van der Waals surface area contributed by atoms with E-state index in [4.69, 9.17) is 0 Å². The molecule has 3 nitrogen and oxygen atoms in total. The second-order valence-electron chi connectivity index (χ2n) is 3.01. The van der Waals surface area contributed by atoms with E-state index in [-0.39, 0.29) is 5.82 Å². The number of nitrogens with zero attached hydrogens (tertiary/aromatic N) is 1. The molecule has 1 heterocycles. The van der Waals surface area contributed by atoms with Gasteiger partial charge in [0.25, 0.3) is 0 Å². The Balaban J connectivity index is 2.69. The van der Waals surface area contributed by atoms with Crippen molar-refractivity contribution < 1.29 is 13.9 Å². The van der Waals surface area contributed by atoms with Crippen molar-refractivity contribution in [1.82, 2.24) is 3.59 Å². The highest BCUT2D eigenvalue weighted by Gasteiger charge is 2.14. The van der Waals surface area contributed by atoms with Crippen molar-refractivity contribution in [3.8, 4) is 0 Å². The first kappa shape index (κ1) is 10.2. The number of aromatic nitrogens is 1. The van der Waals surface area contributed by atoms with Gasteiger partial charge in [-0.25, -0.2) is 9.18 Å². The first-order valence-electron chi connectivity index (χ1n) is 4.19. The Morgan fingerprint density at radius 3 is 2.87 bits per heavy atom. The Kier molecular flexibility index (Phi) is 2.48. The van der Waals surface area contributed by atoms with Crippen LogP contribution >= 0.6 is 16.1 Å². The Bertz CT molecular complexity index is 535. The summed E-state index contributed by atoms with van der Waals surface area (Å²) in [5.41, 5.74) is 0.925. The van der Waals surface area contributed by atoms with Crippen LogP contribution in [0.1, 0.15) is 10.5 Å². The zero-order chi connectivity index (χ0) is 11.0. The van der Waals surface area contributed by atoms with E-state index in [1.54, 1.807) is 12.1 Å². The molecular formula is C10H7BrFNO2. The smallest absolute Gasteiger partial charge is 0.355 e. The zero-order valence-corrected chi connectivity index (χ0v) is 9.42. The lowest BCUT2D eigenvalue weighted by Gasteiger charge is -1.99. The predicted molar refractivity (Wildman–Crippen MR) is 57.6 cm³/mol. The lowest BCUT2D eigenvalue weighted by atomic mass is 10.2. The van der Waals surface area contributed by atoms with Gasteiger partial charge in [0.1, 0.15) is 11.5 Å². The quantitative estimate of drug-likeness (QED) is 0.747. The zero-order valence-electron chi connectivity index (χ0n) is 7.83. The average Bonchev–Trinajstić information content (AvgIpc) is 2.55. The van der Waals surface area contributed by atoms with Gasteiger partial charge < -0.3 is 4.74 Å². The molecule has 0 aliphatic rings. The van der Waals surface area contributed by atoms with Gasteiger partial charge in [-0.05, 0) is 24.3 Å². The molecule has 0 bridgehead atoms. The monoisotopic (exact) mass is 271 g/mol. The summed E-state index contributed by atoms with van der Waals surface area (Å²) in [6, 6.07) is 5.93. The molecule has 1 aromatic carbocycles. The van der Waals surface area contributed by atoms with Gasteiger partial charge >= 0.3 is 5.97 Å². The van der Waals surface area contributed by atoms with Crippen molar-refractivity contribution in [3.63, 3.8) is 0 Å². The van der Waals surface area contributed by atoms with Crippen molar-refractivity contribution in [2.75, 3.05) is 7.11 Å². The number of fused-ring (bicyclic) bond motifs is 1. The fourth-order valence-electron chi connectivity index (χ4n) is 1.39. The minimum Gasteiger partial charge on any atom is -0.464 e. The highest BCUT2D eigenvalue weighted by molar-refractivity contribution is 9.08. The summed E-state index contributed by atoms with van der Waals surface area (Å²) >= 11 is 3.18. The lowest BCUT2D eigenvalue weighted by molar-refractivity contribution is 0.0594. The average molecular weight is 272 g/mol. The van der Waals surface area contributed by atoms with Crippen molar-refractivity contribution in [2.45, 2.75) is 0 Å². The van der Waals surface area contributed by atoms with Gasteiger partial charge in [-0.1, -0.05) is 0 Å². The molecule has 0 fully saturated rings. The molecule has 0 spiro atoms. The van der Waals surface area contributed by atoms with Crippen LogP contribution in [-0.4, -0.2) is 16.7 Å². The van der Waals surface area contributed by atoms with Crippen LogP contribution in [0.25, 0.3) is 10.9 Å². The maximum Gasteiger partial charge on any atom is 0.355 e. The van der Waals surface area contributed by atoms with E-state index in [2.05, 4.69) is 20.9 Å². The molecule has 0 N–H and O–H groups in total. The summed E-state index contributed by atoms with van der Waals surface area (Å²) in [6.07, 6.45) is 0. The Morgan fingerprint density at radius 2 is 2.20 bits per heavy atom. The van der Waals surface area contributed by atoms with Gasteiger partial charge in [0, 0.05) is 5.39 Å². The molecule has 0 aliphatic carbocycles. The number of esters is 1. The van der Waals surface area contributed by atoms with Crippen LogP contribution in [0.2, 0.25) is 0 Å². The summed E-state index contributed by atoms with van der Waals surface area (Å²) in [4.78, 5) is 11.3. The summed E-state index contributed by atoms with van der Waals surface area (Å²) in [6.45, 7) is 0. The van der Waals surface area contributed by atoms with Crippen LogP contribution in [0.3, 0.4) is 0 Å². The van der Waals surface area contributed by atoms with Crippen LogP contribution in [0, 0.1) is 5.82 Å². The Morgan fingerprint density at radius 1 is 1.47 bits per heavy atom. The second-order valence-corrected chi connectivity index (χ2v) is 3.71. The molecule has 0 atom stereocenters.